The number of hydrogen-bond acceptors (Lipinski definition) is 6. The molecule has 31 heavy (non-hydrogen) atoms. The SMILES string of the molecule is O=C1OC2(CCN(Cc3cccc(Oc4ncccn4)c3)C2)CN1c1ccc(Cl)cc1. The topological polar surface area (TPSA) is 67.8 Å². The van der Waals surface area contributed by atoms with Gasteiger partial charge in [0.25, 0.3) is 0 Å². The van der Waals surface area contributed by atoms with Gasteiger partial charge < -0.3 is 9.47 Å². The molecular weight excluding hydrogens is 416 g/mol. The molecule has 1 amide bonds. The molecule has 1 unspecified atom stereocenters. The highest BCUT2D eigenvalue weighted by Crippen LogP contribution is 2.36. The van der Waals surface area contributed by atoms with Crippen molar-refractivity contribution in [1.82, 2.24) is 14.9 Å². The van der Waals surface area contributed by atoms with Crippen LogP contribution in [0.1, 0.15) is 12.0 Å². The summed E-state index contributed by atoms with van der Waals surface area (Å²) in [6, 6.07) is 17.2. The van der Waals surface area contributed by atoms with Crippen molar-refractivity contribution >= 4 is 23.4 Å². The Morgan fingerprint density at radius 3 is 2.68 bits per heavy atom. The predicted molar refractivity (Wildman–Crippen MR) is 116 cm³/mol. The van der Waals surface area contributed by atoms with E-state index in [1.165, 1.54) is 0 Å². The number of aromatic nitrogens is 2. The number of nitrogens with zero attached hydrogens (tertiary/aromatic N) is 4. The highest BCUT2D eigenvalue weighted by molar-refractivity contribution is 6.30. The van der Waals surface area contributed by atoms with Crippen LogP contribution in [0.25, 0.3) is 0 Å². The summed E-state index contributed by atoms with van der Waals surface area (Å²) in [5.74, 6) is 0.693. The molecule has 1 aromatic heterocycles. The number of ether oxygens (including phenoxy) is 2. The van der Waals surface area contributed by atoms with Gasteiger partial charge >= 0.3 is 12.1 Å². The van der Waals surface area contributed by atoms with Crippen molar-refractivity contribution in [3.8, 4) is 11.8 Å². The summed E-state index contributed by atoms with van der Waals surface area (Å²) in [7, 11) is 0. The lowest BCUT2D eigenvalue weighted by molar-refractivity contribution is 0.0629. The molecule has 2 aliphatic rings. The smallest absolute Gasteiger partial charge is 0.415 e. The Morgan fingerprint density at radius 1 is 1.06 bits per heavy atom. The minimum Gasteiger partial charge on any atom is -0.439 e. The molecule has 5 rings (SSSR count). The minimum absolute atomic E-state index is 0.303. The van der Waals surface area contributed by atoms with E-state index in [-0.39, 0.29) is 6.09 Å². The maximum absolute atomic E-state index is 12.5. The molecule has 0 radical (unpaired) electrons. The molecule has 1 spiro atoms. The molecular formula is C23H21ClN4O3. The van der Waals surface area contributed by atoms with E-state index < -0.39 is 5.60 Å². The van der Waals surface area contributed by atoms with Crippen molar-refractivity contribution in [3.05, 3.63) is 77.6 Å². The third-order valence-electron chi connectivity index (χ3n) is 5.56. The van der Waals surface area contributed by atoms with Gasteiger partial charge in [-0.3, -0.25) is 9.80 Å². The normalized spacial score (nSPS) is 20.9. The van der Waals surface area contributed by atoms with Crippen LogP contribution in [-0.4, -0.2) is 46.2 Å². The molecule has 0 aliphatic carbocycles. The van der Waals surface area contributed by atoms with Crippen LogP contribution in [0.3, 0.4) is 0 Å². The highest BCUT2D eigenvalue weighted by Gasteiger charge is 2.49. The quantitative estimate of drug-likeness (QED) is 0.585. The number of halogens is 1. The van der Waals surface area contributed by atoms with Crippen LogP contribution < -0.4 is 9.64 Å². The van der Waals surface area contributed by atoms with E-state index in [4.69, 9.17) is 21.1 Å². The second-order valence-corrected chi connectivity index (χ2v) is 8.29. The lowest BCUT2D eigenvalue weighted by Crippen LogP contribution is -2.37. The number of rotatable bonds is 5. The Hall–Kier alpha value is -3.16. The summed E-state index contributed by atoms with van der Waals surface area (Å²) in [5.41, 5.74) is 1.44. The predicted octanol–water partition coefficient (Wildman–Crippen LogP) is 4.52. The molecule has 2 fully saturated rings. The van der Waals surface area contributed by atoms with E-state index in [9.17, 15) is 4.79 Å². The van der Waals surface area contributed by atoms with Crippen LogP contribution in [0, 0.1) is 0 Å². The molecule has 1 atom stereocenters. The average Bonchev–Trinajstić information content (AvgIpc) is 3.31. The van der Waals surface area contributed by atoms with E-state index >= 15 is 0 Å². The molecule has 2 aliphatic heterocycles. The van der Waals surface area contributed by atoms with Gasteiger partial charge in [-0.05, 0) is 48.0 Å². The number of benzene rings is 2. The Morgan fingerprint density at radius 2 is 1.87 bits per heavy atom. The van der Waals surface area contributed by atoms with Gasteiger partial charge in [-0.2, -0.15) is 0 Å². The first-order valence-corrected chi connectivity index (χ1v) is 10.5. The molecule has 0 bridgehead atoms. The zero-order valence-corrected chi connectivity index (χ0v) is 17.5. The molecule has 0 N–H and O–H groups in total. The minimum atomic E-state index is -0.483. The first-order chi connectivity index (χ1) is 15.1. The molecule has 7 nitrogen and oxygen atoms in total. The van der Waals surface area contributed by atoms with Crippen molar-refractivity contribution in [1.29, 1.82) is 0 Å². The zero-order valence-electron chi connectivity index (χ0n) is 16.8. The van der Waals surface area contributed by atoms with E-state index in [0.717, 1.165) is 30.8 Å². The van der Waals surface area contributed by atoms with E-state index in [1.54, 1.807) is 35.5 Å². The highest BCUT2D eigenvalue weighted by atomic mass is 35.5. The molecule has 8 heteroatoms. The molecule has 2 aromatic carbocycles. The fourth-order valence-electron chi connectivity index (χ4n) is 4.13. The summed E-state index contributed by atoms with van der Waals surface area (Å²) in [6.07, 6.45) is 3.79. The van der Waals surface area contributed by atoms with Crippen molar-refractivity contribution < 1.29 is 14.3 Å². The first-order valence-electron chi connectivity index (χ1n) is 10.1. The number of carbonyl (C=O) groups is 1. The third kappa shape index (κ3) is 4.33. The molecule has 158 valence electrons. The maximum Gasteiger partial charge on any atom is 0.415 e. The van der Waals surface area contributed by atoms with Gasteiger partial charge in [0.15, 0.2) is 0 Å². The number of anilines is 1. The number of amides is 1. The number of likely N-dealkylation sites (tertiary alicyclic amines) is 1. The zero-order chi connectivity index (χ0) is 21.3. The van der Waals surface area contributed by atoms with Crippen LogP contribution >= 0.6 is 11.6 Å². The maximum atomic E-state index is 12.5. The van der Waals surface area contributed by atoms with E-state index in [0.29, 0.717) is 29.9 Å². The van der Waals surface area contributed by atoms with Gasteiger partial charge in [0.2, 0.25) is 0 Å². The Bertz CT molecular complexity index is 1080. The Balaban J connectivity index is 1.24. The largest absolute Gasteiger partial charge is 0.439 e. The summed E-state index contributed by atoms with van der Waals surface area (Å²) in [6.45, 7) is 2.83. The Labute approximate surface area is 185 Å². The van der Waals surface area contributed by atoms with Gasteiger partial charge in [0, 0.05) is 49.2 Å². The summed E-state index contributed by atoms with van der Waals surface area (Å²) < 4.78 is 11.6. The van der Waals surface area contributed by atoms with Gasteiger partial charge in [-0.1, -0.05) is 23.7 Å². The van der Waals surface area contributed by atoms with Gasteiger partial charge in [0.1, 0.15) is 11.4 Å². The second kappa shape index (κ2) is 8.17. The van der Waals surface area contributed by atoms with Crippen molar-refractivity contribution in [3.63, 3.8) is 0 Å². The van der Waals surface area contributed by atoms with Gasteiger partial charge in [-0.25, -0.2) is 14.8 Å². The fourth-order valence-corrected chi connectivity index (χ4v) is 4.25. The van der Waals surface area contributed by atoms with E-state index in [2.05, 4.69) is 20.9 Å². The van der Waals surface area contributed by atoms with Gasteiger partial charge in [-0.15, -0.1) is 0 Å². The van der Waals surface area contributed by atoms with Crippen LogP contribution in [0.2, 0.25) is 5.02 Å². The third-order valence-corrected chi connectivity index (χ3v) is 5.81. The van der Waals surface area contributed by atoms with Crippen LogP contribution in [0.5, 0.6) is 11.8 Å². The molecule has 2 saturated heterocycles. The number of carbonyl (C=O) groups excluding carboxylic acids is 1. The van der Waals surface area contributed by atoms with Crippen LogP contribution in [0.15, 0.2) is 67.0 Å². The van der Waals surface area contributed by atoms with Gasteiger partial charge in [0.05, 0.1) is 6.54 Å². The van der Waals surface area contributed by atoms with Crippen LogP contribution in [0.4, 0.5) is 10.5 Å². The lowest BCUT2D eigenvalue weighted by Gasteiger charge is -2.22. The molecule has 3 aromatic rings. The summed E-state index contributed by atoms with van der Waals surface area (Å²) >= 11 is 5.97. The Kier molecular flexibility index (Phi) is 5.21. The monoisotopic (exact) mass is 436 g/mol. The average molecular weight is 437 g/mol. The summed E-state index contributed by atoms with van der Waals surface area (Å²) in [5, 5.41) is 0.642. The van der Waals surface area contributed by atoms with Crippen LogP contribution in [-0.2, 0) is 11.3 Å². The lowest BCUT2D eigenvalue weighted by atomic mass is 10.0. The standard InChI is InChI=1S/C23H21ClN4O3/c24-18-5-7-19(8-6-18)28-16-23(31-22(28)29)9-12-27(15-23)14-17-3-1-4-20(13-17)30-21-25-10-2-11-26-21/h1-8,10-11,13H,9,12,14-16H2. The second-order valence-electron chi connectivity index (χ2n) is 7.86. The van der Waals surface area contributed by atoms with Crippen molar-refractivity contribution in [2.75, 3.05) is 24.5 Å². The molecule has 3 heterocycles. The molecule has 0 saturated carbocycles. The number of hydrogen-bond donors (Lipinski definition) is 0. The summed E-state index contributed by atoms with van der Waals surface area (Å²) in [4.78, 5) is 24.7. The van der Waals surface area contributed by atoms with E-state index in [1.807, 2.05) is 30.3 Å². The van der Waals surface area contributed by atoms with Crippen molar-refractivity contribution in [2.45, 2.75) is 18.6 Å². The first kappa shape index (κ1) is 19.8. The fraction of sp³-hybridized carbons (Fsp3) is 0.261. The van der Waals surface area contributed by atoms with Crippen molar-refractivity contribution in [2.24, 2.45) is 0 Å².